The van der Waals surface area contributed by atoms with Crippen molar-refractivity contribution in [1.82, 2.24) is 9.97 Å². The maximum absolute atomic E-state index is 13.5. The maximum atomic E-state index is 13.5. The van der Waals surface area contributed by atoms with Gasteiger partial charge >= 0.3 is 0 Å². The topological polar surface area (TPSA) is 35.0 Å². The molecule has 0 radical (unpaired) electrons. The molecule has 2 rings (SSSR count). The average Bonchev–Trinajstić information content (AvgIpc) is 2.20. The number of hydrogen-bond acceptors (Lipinski definition) is 3. The molecular formula is C13H18ClFN2O. The molecule has 1 saturated carbocycles. The second-order valence-corrected chi connectivity index (χ2v) is 6.28. The van der Waals surface area contributed by atoms with Crippen LogP contribution in [0.4, 0.5) is 4.39 Å². The lowest BCUT2D eigenvalue weighted by Crippen LogP contribution is -2.34. The summed E-state index contributed by atoms with van der Waals surface area (Å²) >= 11 is 5.65. The van der Waals surface area contributed by atoms with Crippen molar-refractivity contribution >= 4 is 11.6 Å². The standard InChI is InChI=1S/C13H18ClFN2O/c1-8-4-9(6-13(2,3)5-8)18-11-10(15)7-16-12(14)17-11/h7-9H,4-6H2,1-3H3. The van der Waals surface area contributed by atoms with E-state index in [-0.39, 0.29) is 22.7 Å². The Bertz CT molecular complexity index is 439. The van der Waals surface area contributed by atoms with Crippen LogP contribution in [0.5, 0.6) is 5.88 Å². The largest absolute Gasteiger partial charge is 0.472 e. The lowest BCUT2D eigenvalue weighted by Gasteiger charge is -2.38. The first-order chi connectivity index (χ1) is 8.35. The molecule has 3 nitrogen and oxygen atoms in total. The van der Waals surface area contributed by atoms with Crippen LogP contribution in [0.3, 0.4) is 0 Å². The van der Waals surface area contributed by atoms with E-state index in [2.05, 4.69) is 30.7 Å². The van der Waals surface area contributed by atoms with Crippen LogP contribution in [0, 0.1) is 17.2 Å². The van der Waals surface area contributed by atoms with Gasteiger partial charge < -0.3 is 4.74 Å². The highest BCUT2D eigenvalue weighted by atomic mass is 35.5. The van der Waals surface area contributed by atoms with Crippen LogP contribution in [0.15, 0.2) is 6.20 Å². The van der Waals surface area contributed by atoms with E-state index >= 15 is 0 Å². The second kappa shape index (κ2) is 5.00. The molecule has 0 amide bonds. The molecule has 1 aliphatic rings. The van der Waals surface area contributed by atoms with Crippen molar-refractivity contribution in [3.05, 3.63) is 17.3 Å². The van der Waals surface area contributed by atoms with Crippen LogP contribution >= 0.6 is 11.6 Å². The van der Waals surface area contributed by atoms with Crippen molar-refractivity contribution in [3.8, 4) is 5.88 Å². The molecular weight excluding hydrogens is 255 g/mol. The Hall–Kier alpha value is -0.900. The number of nitrogens with zero attached hydrogens (tertiary/aromatic N) is 2. The highest BCUT2D eigenvalue weighted by Gasteiger charge is 2.33. The first-order valence-electron chi connectivity index (χ1n) is 6.20. The highest BCUT2D eigenvalue weighted by molar-refractivity contribution is 6.28. The summed E-state index contributed by atoms with van der Waals surface area (Å²) in [4.78, 5) is 7.37. The number of rotatable bonds is 2. The van der Waals surface area contributed by atoms with Gasteiger partial charge in [-0.3, -0.25) is 0 Å². The Labute approximate surface area is 112 Å². The fraction of sp³-hybridized carbons (Fsp3) is 0.692. The van der Waals surface area contributed by atoms with Gasteiger partial charge in [-0.05, 0) is 42.2 Å². The van der Waals surface area contributed by atoms with Crippen molar-refractivity contribution in [2.45, 2.75) is 46.1 Å². The molecule has 5 heteroatoms. The minimum absolute atomic E-state index is 0.00881. The number of aromatic nitrogens is 2. The predicted molar refractivity (Wildman–Crippen MR) is 68.2 cm³/mol. The Morgan fingerprint density at radius 2 is 2.17 bits per heavy atom. The minimum Gasteiger partial charge on any atom is -0.472 e. The maximum Gasteiger partial charge on any atom is 0.255 e. The van der Waals surface area contributed by atoms with Gasteiger partial charge in [0.15, 0.2) is 0 Å². The Balaban J connectivity index is 2.11. The van der Waals surface area contributed by atoms with Crippen molar-refractivity contribution in [2.24, 2.45) is 11.3 Å². The van der Waals surface area contributed by atoms with Crippen molar-refractivity contribution < 1.29 is 9.13 Å². The lowest BCUT2D eigenvalue weighted by molar-refractivity contribution is 0.0502. The van der Waals surface area contributed by atoms with Gasteiger partial charge in [0.1, 0.15) is 6.10 Å². The van der Waals surface area contributed by atoms with E-state index < -0.39 is 5.82 Å². The van der Waals surface area contributed by atoms with Crippen LogP contribution in [0.2, 0.25) is 5.28 Å². The Morgan fingerprint density at radius 1 is 1.44 bits per heavy atom. The third kappa shape index (κ3) is 3.31. The number of hydrogen-bond donors (Lipinski definition) is 0. The van der Waals surface area contributed by atoms with Gasteiger partial charge in [-0.2, -0.15) is 9.37 Å². The van der Waals surface area contributed by atoms with Crippen molar-refractivity contribution in [1.29, 1.82) is 0 Å². The minimum atomic E-state index is -0.560. The van der Waals surface area contributed by atoms with Gasteiger partial charge in [-0.25, -0.2) is 4.98 Å². The zero-order valence-corrected chi connectivity index (χ0v) is 11.7. The molecule has 1 heterocycles. The molecule has 1 aromatic rings. The smallest absolute Gasteiger partial charge is 0.255 e. The Morgan fingerprint density at radius 3 is 2.83 bits per heavy atom. The third-order valence-corrected chi connectivity index (χ3v) is 3.49. The summed E-state index contributed by atoms with van der Waals surface area (Å²) < 4.78 is 19.2. The molecule has 1 aromatic heterocycles. The molecule has 0 spiro atoms. The molecule has 100 valence electrons. The molecule has 1 aliphatic carbocycles. The highest BCUT2D eigenvalue weighted by Crippen LogP contribution is 2.40. The van der Waals surface area contributed by atoms with E-state index in [1.54, 1.807) is 0 Å². The lowest BCUT2D eigenvalue weighted by atomic mass is 9.71. The zero-order chi connectivity index (χ0) is 13.3. The average molecular weight is 273 g/mol. The summed E-state index contributed by atoms with van der Waals surface area (Å²) in [7, 11) is 0. The van der Waals surface area contributed by atoms with Crippen molar-refractivity contribution in [3.63, 3.8) is 0 Å². The normalized spacial score (nSPS) is 26.9. The Kier molecular flexibility index (Phi) is 3.76. The molecule has 1 fully saturated rings. The van der Waals surface area contributed by atoms with Gasteiger partial charge in [-0.15, -0.1) is 0 Å². The first-order valence-corrected chi connectivity index (χ1v) is 6.58. The third-order valence-electron chi connectivity index (χ3n) is 3.31. The predicted octanol–water partition coefficient (Wildman–Crippen LogP) is 3.86. The first kappa shape index (κ1) is 13.5. The summed E-state index contributed by atoms with van der Waals surface area (Å²) in [5.74, 6) is -0.0283. The summed E-state index contributed by atoms with van der Waals surface area (Å²) in [5.41, 5.74) is 0.218. The fourth-order valence-corrected chi connectivity index (χ4v) is 3.05. The molecule has 0 N–H and O–H groups in total. The second-order valence-electron chi connectivity index (χ2n) is 5.95. The number of halogens is 2. The van der Waals surface area contributed by atoms with Crippen molar-refractivity contribution in [2.75, 3.05) is 0 Å². The van der Waals surface area contributed by atoms with E-state index in [0.29, 0.717) is 5.92 Å². The molecule has 2 atom stereocenters. The van der Waals surface area contributed by atoms with E-state index in [4.69, 9.17) is 16.3 Å². The fourth-order valence-electron chi connectivity index (χ4n) is 2.92. The SMILES string of the molecule is CC1CC(Oc2nc(Cl)ncc2F)CC(C)(C)C1. The van der Waals surface area contributed by atoms with Crippen LogP contribution in [0.25, 0.3) is 0 Å². The number of ether oxygens (including phenoxy) is 1. The molecule has 0 aromatic carbocycles. The summed E-state index contributed by atoms with van der Waals surface area (Å²) in [6, 6.07) is 0. The summed E-state index contributed by atoms with van der Waals surface area (Å²) in [6.07, 6.45) is 4.02. The van der Waals surface area contributed by atoms with Gasteiger partial charge in [0.05, 0.1) is 6.20 Å². The quantitative estimate of drug-likeness (QED) is 0.767. The van der Waals surface area contributed by atoms with Crippen LogP contribution < -0.4 is 4.74 Å². The molecule has 0 aliphatic heterocycles. The molecule has 2 unspecified atom stereocenters. The van der Waals surface area contributed by atoms with Gasteiger partial charge in [0.2, 0.25) is 11.1 Å². The summed E-state index contributed by atoms with van der Waals surface area (Å²) in [5, 5.41) is 0.00881. The zero-order valence-electron chi connectivity index (χ0n) is 10.9. The van der Waals surface area contributed by atoms with Crippen LogP contribution in [-0.4, -0.2) is 16.1 Å². The van der Waals surface area contributed by atoms with E-state index in [9.17, 15) is 4.39 Å². The van der Waals surface area contributed by atoms with Crippen LogP contribution in [-0.2, 0) is 0 Å². The van der Waals surface area contributed by atoms with Gasteiger partial charge in [0, 0.05) is 0 Å². The monoisotopic (exact) mass is 272 g/mol. The van der Waals surface area contributed by atoms with Crippen LogP contribution in [0.1, 0.15) is 40.0 Å². The van der Waals surface area contributed by atoms with E-state index in [1.165, 1.54) is 6.42 Å². The molecule has 0 bridgehead atoms. The van der Waals surface area contributed by atoms with Gasteiger partial charge in [-0.1, -0.05) is 20.8 Å². The van der Waals surface area contributed by atoms with E-state index in [0.717, 1.165) is 19.0 Å². The molecule has 18 heavy (non-hydrogen) atoms. The summed E-state index contributed by atoms with van der Waals surface area (Å²) in [6.45, 7) is 6.62. The molecule has 0 saturated heterocycles. The van der Waals surface area contributed by atoms with E-state index in [1.807, 2.05) is 0 Å². The van der Waals surface area contributed by atoms with Gasteiger partial charge in [0.25, 0.3) is 5.88 Å².